The fourth-order valence-corrected chi connectivity index (χ4v) is 1.62. The van der Waals surface area contributed by atoms with Crippen molar-refractivity contribution in [2.75, 3.05) is 0 Å². The minimum Gasteiger partial charge on any atom is -0.481 e. The maximum atomic E-state index is 10.4. The first-order valence-corrected chi connectivity index (χ1v) is 4.20. The molecule has 0 saturated heterocycles. The number of carboxylic acids is 1. The van der Waals surface area contributed by atoms with E-state index in [1.54, 1.807) is 6.92 Å². The summed E-state index contributed by atoms with van der Waals surface area (Å²) in [5.74, 6) is -1.15. The molecule has 2 unspecified atom stereocenters. The van der Waals surface area contributed by atoms with Crippen molar-refractivity contribution in [2.45, 2.75) is 26.4 Å². The smallest absolute Gasteiger partial charge is 0.308 e. The SMILES string of the molecule is CCC(O[SiH3])C(C)C(=O)O. The van der Waals surface area contributed by atoms with Gasteiger partial charge in [-0.25, -0.2) is 0 Å². The van der Waals surface area contributed by atoms with E-state index in [1.165, 1.54) is 0 Å². The van der Waals surface area contributed by atoms with Gasteiger partial charge in [-0.15, -0.1) is 0 Å². The zero-order valence-electron chi connectivity index (χ0n) is 6.63. The monoisotopic (exact) mass is 162 g/mol. The minimum atomic E-state index is -0.775. The molecule has 1 N–H and O–H groups in total. The van der Waals surface area contributed by atoms with Crippen LogP contribution in [0.15, 0.2) is 0 Å². The summed E-state index contributed by atoms with van der Waals surface area (Å²) >= 11 is 0. The van der Waals surface area contributed by atoms with Crippen LogP contribution in [0, 0.1) is 5.92 Å². The maximum absolute atomic E-state index is 10.4. The Hall–Kier alpha value is -0.353. The van der Waals surface area contributed by atoms with Crippen LogP contribution in [0.1, 0.15) is 20.3 Å². The summed E-state index contributed by atoms with van der Waals surface area (Å²) < 4.78 is 5.08. The van der Waals surface area contributed by atoms with E-state index in [0.29, 0.717) is 10.5 Å². The van der Waals surface area contributed by atoms with E-state index in [2.05, 4.69) is 0 Å². The van der Waals surface area contributed by atoms with Gasteiger partial charge >= 0.3 is 5.97 Å². The zero-order chi connectivity index (χ0) is 8.15. The van der Waals surface area contributed by atoms with Gasteiger partial charge in [-0.2, -0.15) is 0 Å². The summed E-state index contributed by atoms with van der Waals surface area (Å²) in [6.07, 6.45) is 0.681. The molecule has 0 saturated carbocycles. The number of rotatable bonds is 4. The molecule has 0 rings (SSSR count). The Labute approximate surface area is 63.9 Å². The van der Waals surface area contributed by atoms with Gasteiger partial charge in [-0.1, -0.05) is 6.92 Å². The van der Waals surface area contributed by atoms with Crippen LogP contribution in [0.5, 0.6) is 0 Å². The summed E-state index contributed by atoms with van der Waals surface area (Å²) in [6, 6.07) is 0. The second-order valence-corrected chi connectivity index (χ2v) is 2.78. The Morgan fingerprint density at radius 3 is 2.40 bits per heavy atom. The highest BCUT2D eigenvalue weighted by Crippen LogP contribution is 2.09. The highest BCUT2D eigenvalue weighted by Gasteiger charge is 2.20. The molecule has 4 heteroatoms. The quantitative estimate of drug-likeness (QED) is 0.581. The summed E-state index contributed by atoms with van der Waals surface area (Å²) in [6.45, 7) is 3.61. The molecular weight excluding hydrogens is 148 g/mol. The minimum absolute atomic E-state index is 0.0934. The molecule has 0 aliphatic heterocycles. The van der Waals surface area contributed by atoms with Gasteiger partial charge < -0.3 is 9.53 Å². The largest absolute Gasteiger partial charge is 0.481 e. The van der Waals surface area contributed by atoms with Gasteiger partial charge in [-0.05, 0) is 13.3 Å². The number of hydrogen-bond acceptors (Lipinski definition) is 2. The maximum Gasteiger partial charge on any atom is 0.308 e. The molecule has 0 aromatic heterocycles. The van der Waals surface area contributed by atoms with Crippen molar-refractivity contribution >= 4 is 16.5 Å². The van der Waals surface area contributed by atoms with E-state index in [-0.39, 0.29) is 12.0 Å². The third kappa shape index (κ3) is 2.49. The van der Waals surface area contributed by atoms with Crippen molar-refractivity contribution in [3.63, 3.8) is 0 Å². The van der Waals surface area contributed by atoms with Gasteiger partial charge in [0, 0.05) is 0 Å². The van der Waals surface area contributed by atoms with Crippen molar-refractivity contribution in [3.05, 3.63) is 0 Å². The van der Waals surface area contributed by atoms with E-state index >= 15 is 0 Å². The van der Waals surface area contributed by atoms with Gasteiger partial charge in [0.15, 0.2) is 0 Å². The second kappa shape index (κ2) is 4.46. The van der Waals surface area contributed by atoms with Crippen molar-refractivity contribution in [3.8, 4) is 0 Å². The van der Waals surface area contributed by atoms with E-state index in [0.717, 1.165) is 6.42 Å². The van der Waals surface area contributed by atoms with E-state index < -0.39 is 5.97 Å². The van der Waals surface area contributed by atoms with Crippen molar-refractivity contribution in [1.82, 2.24) is 0 Å². The predicted octanol–water partition coefficient (Wildman–Crippen LogP) is -0.217. The lowest BCUT2D eigenvalue weighted by molar-refractivity contribution is -0.144. The molecule has 0 aliphatic carbocycles. The van der Waals surface area contributed by atoms with Crippen molar-refractivity contribution in [2.24, 2.45) is 5.92 Å². The summed E-state index contributed by atoms with van der Waals surface area (Å²) in [4.78, 5) is 10.4. The average molecular weight is 162 g/mol. The molecule has 0 aliphatic rings. The topological polar surface area (TPSA) is 46.5 Å². The fraction of sp³-hybridized carbons (Fsp3) is 0.833. The van der Waals surface area contributed by atoms with E-state index in [1.807, 2.05) is 6.92 Å². The highest BCUT2D eigenvalue weighted by atomic mass is 28.2. The Bertz CT molecular complexity index is 112. The van der Waals surface area contributed by atoms with Gasteiger partial charge in [0.25, 0.3) is 0 Å². The molecule has 3 nitrogen and oxygen atoms in total. The number of carbonyl (C=O) groups is 1. The standard InChI is InChI=1S/C6H14O3Si/c1-3-5(9-10)4(2)6(7)8/h4-5H,3H2,1-2,10H3,(H,7,8). The third-order valence-electron chi connectivity index (χ3n) is 1.65. The first kappa shape index (κ1) is 9.65. The lowest BCUT2D eigenvalue weighted by atomic mass is 10.0. The average Bonchev–Trinajstić information content (AvgIpc) is 1.90. The Balaban J connectivity index is 3.88. The summed E-state index contributed by atoms with van der Waals surface area (Å²) in [5, 5.41) is 8.55. The van der Waals surface area contributed by atoms with Crippen LogP contribution >= 0.6 is 0 Å². The molecule has 0 bridgehead atoms. The fourth-order valence-electron chi connectivity index (χ4n) is 0.883. The molecule has 0 aromatic rings. The van der Waals surface area contributed by atoms with Crippen molar-refractivity contribution in [1.29, 1.82) is 0 Å². The predicted molar refractivity (Wildman–Crippen MR) is 41.9 cm³/mol. The van der Waals surface area contributed by atoms with Gasteiger partial charge in [0.05, 0.1) is 12.0 Å². The van der Waals surface area contributed by atoms with Gasteiger partial charge in [0.1, 0.15) is 10.5 Å². The van der Waals surface area contributed by atoms with Crippen molar-refractivity contribution < 1.29 is 14.3 Å². The van der Waals surface area contributed by atoms with Crippen LogP contribution < -0.4 is 0 Å². The Morgan fingerprint density at radius 1 is 1.80 bits per heavy atom. The molecule has 0 amide bonds. The molecule has 0 aromatic carbocycles. The number of aliphatic carboxylic acids is 1. The van der Waals surface area contributed by atoms with Crippen LogP contribution in [0.4, 0.5) is 0 Å². The Kier molecular flexibility index (Phi) is 4.30. The first-order valence-electron chi connectivity index (χ1n) is 3.39. The highest BCUT2D eigenvalue weighted by molar-refractivity contribution is 5.98. The Morgan fingerprint density at radius 2 is 2.30 bits per heavy atom. The third-order valence-corrected chi connectivity index (χ3v) is 2.26. The number of carboxylic acid groups (broad SMARTS) is 1. The molecule has 0 radical (unpaired) electrons. The molecule has 2 atom stereocenters. The van der Waals surface area contributed by atoms with Crippen LogP contribution in [-0.2, 0) is 9.22 Å². The lowest BCUT2D eigenvalue weighted by Gasteiger charge is -2.17. The van der Waals surface area contributed by atoms with Gasteiger partial charge in [0.2, 0.25) is 0 Å². The summed E-state index contributed by atoms with van der Waals surface area (Å²) in [7, 11) is 0.612. The molecule has 10 heavy (non-hydrogen) atoms. The number of hydrogen-bond donors (Lipinski definition) is 1. The molecule has 0 spiro atoms. The van der Waals surface area contributed by atoms with E-state index in [9.17, 15) is 4.79 Å². The van der Waals surface area contributed by atoms with Gasteiger partial charge in [-0.3, -0.25) is 4.79 Å². The molecule has 0 heterocycles. The van der Waals surface area contributed by atoms with Crippen LogP contribution in [-0.4, -0.2) is 27.7 Å². The van der Waals surface area contributed by atoms with Crippen LogP contribution in [0.25, 0.3) is 0 Å². The molecule has 60 valence electrons. The first-order chi connectivity index (χ1) is 4.63. The summed E-state index contributed by atoms with van der Waals surface area (Å²) in [5.41, 5.74) is 0. The zero-order valence-corrected chi connectivity index (χ0v) is 8.63. The molecule has 0 fully saturated rings. The van der Waals surface area contributed by atoms with E-state index in [4.69, 9.17) is 9.53 Å². The lowest BCUT2D eigenvalue weighted by Crippen LogP contribution is -2.26. The van der Waals surface area contributed by atoms with Crippen LogP contribution in [0.2, 0.25) is 0 Å². The second-order valence-electron chi connectivity index (χ2n) is 2.31. The normalized spacial score (nSPS) is 16.6. The molecular formula is C6H14O3Si. The van der Waals surface area contributed by atoms with Crippen LogP contribution in [0.3, 0.4) is 0 Å².